The zero-order chi connectivity index (χ0) is 12.0. The average Bonchev–Trinajstić information content (AvgIpc) is 2.26. The molecule has 0 spiro atoms. The first kappa shape index (κ1) is 12.9. The first-order valence-electron chi connectivity index (χ1n) is 5.76. The van der Waals surface area contributed by atoms with Crippen molar-refractivity contribution in [1.29, 1.82) is 0 Å². The fraction of sp³-hybridized carbons (Fsp3) is 0.667. The summed E-state index contributed by atoms with van der Waals surface area (Å²) in [7, 11) is 0. The van der Waals surface area contributed by atoms with Gasteiger partial charge in [0.2, 0.25) is 5.95 Å². The predicted octanol–water partition coefficient (Wildman–Crippen LogP) is 2.26. The number of aryl methyl sites for hydroxylation is 1. The van der Waals surface area contributed by atoms with Gasteiger partial charge in [0.25, 0.3) is 0 Å². The van der Waals surface area contributed by atoms with Crippen LogP contribution in [-0.4, -0.2) is 29.2 Å². The summed E-state index contributed by atoms with van der Waals surface area (Å²) in [6.07, 6.45) is 3.63. The lowest BCUT2D eigenvalue weighted by Gasteiger charge is -2.21. The molecule has 4 heteroatoms. The van der Waals surface area contributed by atoms with Crippen molar-refractivity contribution in [2.45, 2.75) is 33.7 Å². The third-order valence-corrected chi connectivity index (χ3v) is 2.40. The minimum Gasteiger partial charge on any atom is -0.380 e. The number of anilines is 1. The Hall–Kier alpha value is -1.16. The maximum atomic E-state index is 5.43. The number of aromatic nitrogens is 2. The van der Waals surface area contributed by atoms with Crippen molar-refractivity contribution in [2.75, 3.05) is 18.5 Å². The smallest absolute Gasteiger partial charge is 0.222 e. The van der Waals surface area contributed by atoms with Gasteiger partial charge in [-0.2, -0.15) is 0 Å². The van der Waals surface area contributed by atoms with Crippen molar-refractivity contribution in [3.8, 4) is 0 Å². The molecule has 1 atom stereocenters. The summed E-state index contributed by atoms with van der Waals surface area (Å²) in [5.41, 5.74) is 1.07. The Labute approximate surface area is 97.5 Å². The Bertz CT molecular complexity index is 298. The molecular formula is C12H21N3O. The predicted molar refractivity (Wildman–Crippen MR) is 65.5 cm³/mol. The molecule has 0 fully saturated rings. The van der Waals surface area contributed by atoms with Crippen LogP contribution in [0.5, 0.6) is 0 Å². The van der Waals surface area contributed by atoms with Gasteiger partial charge in [0.1, 0.15) is 0 Å². The fourth-order valence-corrected chi connectivity index (χ4v) is 1.28. The second-order valence-electron chi connectivity index (χ2n) is 4.24. The van der Waals surface area contributed by atoms with Gasteiger partial charge < -0.3 is 10.1 Å². The lowest BCUT2D eigenvalue weighted by atomic mass is 10.1. The van der Waals surface area contributed by atoms with Crippen molar-refractivity contribution in [1.82, 2.24) is 9.97 Å². The summed E-state index contributed by atoms with van der Waals surface area (Å²) in [5.74, 6) is 1.15. The van der Waals surface area contributed by atoms with E-state index in [1.807, 2.05) is 26.2 Å². The molecule has 0 aliphatic rings. The van der Waals surface area contributed by atoms with Gasteiger partial charge in [-0.15, -0.1) is 0 Å². The summed E-state index contributed by atoms with van der Waals surface area (Å²) in [4.78, 5) is 8.46. The summed E-state index contributed by atoms with van der Waals surface area (Å²) < 4.78 is 5.43. The number of nitrogens with one attached hydrogen (secondary N) is 1. The molecule has 0 bridgehead atoms. The van der Waals surface area contributed by atoms with E-state index in [2.05, 4.69) is 29.1 Å². The van der Waals surface area contributed by atoms with Gasteiger partial charge in [-0.05, 0) is 25.3 Å². The van der Waals surface area contributed by atoms with E-state index in [1.54, 1.807) is 0 Å². The molecule has 0 aliphatic heterocycles. The molecule has 16 heavy (non-hydrogen) atoms. The molecule has 1 N–H and O–H groups in total. The third-order valence-electron chi connectivity index (χ3n) is 2.40. The number of rotatable bonds is 6. The molecular weight excluding hydrogens is 202 g/mol. The van der Waals surface area contributed by atoms with E-state index in [4.69, 9.17) is 4.74 Å². The van der Waals surface area contributed by atoms with Crippen molar-refractivity contribution in [3.05, 3.63) is 18.0 Å². The van der Waals surface area contributed by atoms with Crippen LogP contribution in [0.3, 0.4) is 0 Å². The highest BCUT2D eigenvalue weighted by molar-refractivity contribution is 5.26. The van der Waals surface area contributed by atoms with Crippen LogP contribution in [0, 0.1) is 12.8 Å². The molecule has 0 aromatic carbocycles. The Morgan fingerprint density at radius 2 is 1.94 bits per heavy atom. The van der Waals surface area contributed by atoms with Crippen LogP contribution < -0.4 is 5.32 Å². The van der Waals surface area contributed by atoms with Crippen LogP contribution >= 0.6 is 0 Å². The van der Waals surface area contributed by atoms with E-state index >= 15 is 0 Å². The molecule has 0 amide bonds. The molecule has 0 saturated carbocycles. The maximum absolute atomic E-state index is 5.43. The van der Waals surface area contributed by atoms with Crippen molar-refractivity contribution < 1.29 is 4.74 Å². The van der Waals surface area contributed by atoms with Crippen LogP contribution in [-0.2, 0) is 4.74 Å². The Balaban J connectivity index is 2.57. The topological polar surface area (TPSA) is 47.0 Å². The summed E-state index contributed by atoms with van der Waals surface area (Å²) in [6, 6.07) is 0.252. The summed E-state index contributed by atoms with van der Waals surface area (Å²) in [5, 5.41) is 3.29. The Morgan fingerprint density at radius 1 is 1.31 bits per heavy atom. The van der Waals surface area contributed by atoms with Gasteiger partial charge >= 0.3 is 0 Å². The van der Waals surface area contributed by atoms with Crippen molar-refractivity contribution in [2.24, 2.45) is 5.92 Å². The lowest BCUT2D eigenvalue weighted by molar-refractivity contribution is 0.126. The van der Waals surface area contributed by atoms with Gasteiger partial charge in [-0.1, -0.05) is 13.8 Å². The maximum Gasteiger partial charge on any atom is 0.222 e. The van der Waals surface area contributed by atoms with E-state index in [1.165, 1.54) is 0 Å². The van der Waals surface area contributed by atoms with Crippen molar-refractivity contribution in [3.63, 3.8) is 0 Å². The molecule has 1 aromatic rings. The van der Waals surface area contributed by atoms with Crippen LogP contribution in [0.25, 0.3) is 0 Å². The Kier molecular flexibility index (Phi) is 5.19. The largest absolute Gasteiger partial charge is 0.380 e. The molecule has 90 valence electrons. The normalized spacial score (nSPS) is 12.8. The molecule has 1 heterocycles. The summed E-state index contributed by atoms with van der Waals surface area (Å²) in [6.45, 7) is 9.71. The van der Waals surface area contributed by atoms with Gasteiger partial charge in [-0.3, -0.25) is 0 Å². The van der Waals surface area contributed by atoms with Gasteiger partial charge in [0.05, 0.1) is 12.6 Å². The fourth-order valence-electron chi connectivity index (χ4n) is 1.28. The second kappa shape index (κ2) is 6.43. The molecule has 0 aliphatic carbocycles. The highest BCUT2D eigenvalue weighted by atomic mass is 16.5. The standard InChI is InChI=1S/C12H21N3O/c1-5-16-8-11(9(2)3)15-12-13-6-10(4)7-14-12/h6-7,9,11H,5,8H2,1-4H3,(H,13,14,15). The summed E-state index contributed by atoms with van der Waals surface area (Å²) >= 11 is 0. The van der Waals surface area contributed by atoms with Gasteiger partial charge in [0, 0.05) is 19.0 Å². The zero-order valence-corrected chi connectivity index (χ0v) is 10.5. The van der Waals surface area contributed by atoms with E-state index in [0.29, 0.717) is 18.5 Å². The first-order chi connectivity index (χ1) is 7.63. The van der Waals surface area contributed by atoms with Crippen LogP contribution in [0.2, 0.25) is 0 Å². The number of nitrogens with zero attached hydrogens (tertiary/aromatic N) is 2. The minimum atomic E-state index is 0.252. The van der Waals surface area contributed by atoms with E-state index in [9.17, 15) is 0 Å². The third kappa shape index (κ3) is 4.14. The molecule has 1 unspecified atom stereocenters. The van der Waals surface area contributed by atoms with E-state index in [0.717, 1.165) is 12.2 Å². The highest BCUT2D eigenvalue weighted by Gasteiger charge is 2.14. The van der Waals surface area contributed by atoms with Gasteiger partial charge in [0.15, 0.2) is 0 Å². The minimum absolute atomic E-state index is 0.252. The SMILES string of the molecule is CCOCC(Nc1ncc(C)cn1)C(C)C. The molecule has 1 aromatic heterocycles. The molecule has 1 rings (SSSR count). The van der Waals surface area contributed by atoms with Crippen LogP contribution in [0.1, 0.15) is 26.3 Å². The number of hydrogen-bond donors (Lipinski definition) is 1. The number of hydrogen-bond acceptors (Lipinski definition) is 4. The average molecular weight is 223 g/mol. The van der Waals surface area contributed by atoms with E-state index in [-0.39, 0.29) is 6.04 Å². The Morgan fingerprint density at radius 3 is 2.44 bits per heavy atom. The molecule has 0 radical (unpaired) electrons. The quantitative estimate of drug-likeness (QED) is 0.803. The zero-order valence-electron chi connectivity index (χ0n) is 10.5. The monoisotopic (exact) mass is 223 g/mol. The van der Waals surface area contributed by atoms with Crippen LogP contribution in [0.15, 0.2) is 12.4 Å². The van der Waals surface area contributed by atoms with Gasteiger partial charge in [-0.25, -0.2) is 9.97 Å². The molecule has 4 nitrogen and oxygen atoms in total. The highest BCUT2D eigenvalue weighted by Crippen LogP contribution is 2.09. The molecule has 0 saturated heterocycles. The van der Waals surface area contributed by atoms with Crippen molar-refractivity contribution >= 4 is 5.95 Å². The lowest BCUT2D eigenvalue weighted by Crippen LogP contribution is -2.31. The number of ether oxygens (including phenoxy) is 1. The second-order valence-corrected chi connectivity index (χ2v) is 4.24. The van der Waals surface area contributed by atoms with Crippen LogP contribution in [0.4, 0.5) is 5.95 Å². The first-order valence-corrected chi connectivity index (χ1v) is 5.76. The van der Waals surface area contributed by atoms with E-state index < -0.39 is 0 Å².